The third-order valence-corrected chi connectivity index (χ3v) is 10.6. The van der Waals surface area contributed by atoms with E-state index in [-0.39, 0.29) is 26.6 Å². The molecule has 0 aliphatic heterocycles. The Hall–Kier alpha value is -4.54. The van der Waals surface area contributed by atoms with Crippen LogP contribution in [0.3, 0.4) is 0 Å². The Labute approximate surface area is 231 Å². The minimum Gasteiger partial charge on any atom is -0.422 e. The lowest BCUT2D eigenvalue weighted by Crippen LogP contribution is -2.37. The fourth-order valence-electron chi connectivity index (χ4n) is 4.19. The summed E-state index contributed by atoms with van der Waals surface area (Å²) in [4.78, 5) is 23.3. The molecule has 0 saturated heterocycles. The third kappa shape index (κ3) is 4.94. The van der Waals surface area contributed by atoms with E-state index in [1.807, 2.05) is 0 Å². The van der Waals surface area contributed by atoms with E-state index in [4.69, 9.17) is 4.42 Å². The van der Waals surface area contributed by atoms with Gasteiger partial charge in [0.25, 0.3) is 20.0 Å². The van der Waals surface area contributed by atoms with Crippen molar-refractivity contribution in [3.05, 3.63) is 124 Å². The zero-order valence-corrected chi connectivity index (χ0v) is 23.1. The number of hydrogen-bond donors (Lipinski definition) is 0. The molecule has 1 heterocycles. The van der Waals surface area contributed by atoms with Crippen molar-refractivity contribution in [2.75, 3.05) is 3.71 Å². The van der Waals surface area contributed by atoms with Gasteiger partial charge in [-0.05, 0) is 67.9 Å². The molecular weight excluding hydrogens is 550 g/mol. The summed E-state index contributed by atoms with van der Waals surface area (Å²) in [5.74, 6) is 0. The van der Waals surface area contributed by atoms with Crippen LogP contribution in [0.2, 0.25) is 0 Å². The lowest BCUT2D eigenvalue weighted by molar-refractivity contribution is 0.112. The Bertz CT molecular complexity index is 1940. The van der Waals surface area contributed by atoms with Gasteiger partial charge in [0.05, 0.1) is 21.0 Å². The number of anilines is 1. The van der Waals surface area contributed by atoms with Gasteiger partial charge in [0.15, 0.2) is 0 Å². The smallest absolute Gasteiger partial charge is 0.344 e. The largest absolute Gasteiger partial charge is 0.422 e. The van der Waals surface area contributed by atoms with Gasteiger partial charge >= 0.3 is 5.63 Å². The van der Waals surface area contributed by atoms with Crippen molar-refractivity contribution in [2.24, 2.45) is 0 Å². The second kappa shape index (κ2) is 10.2. The van der Waals surface area contributed by atoms with Crippen molar-refractivity contribution in [3.8, 4) is 11.1 Å². The van der Waals surface area contributed by atoms with Crippen molar-refractivity contribution >= 4 is 43.0 Å². The first-order chi connectivity index (χ1) is 19.0. The summed E-state index contributed by atoms with van der Waals surface area (Å²) in [6.07, 6.45) is 0.677. The summed E-state index contributed by atoms with van der Waals surface area (Å²) in [5.41, 5.74) is 2.01. The average Bonchev–Trinajstić information content (AvgIpc) is 2.93. The fraction of sp³-hybridized carbons (Fsp3) is 0.0667. The molecule has 0 fully saturated rings. The Morgan fingerprint density at radius 1 is 0.675 bits per heavy atom. The zero-order valence-electron chi connectivity index (χ0n) is 21.4. The molecule has 40 heavy (non-hydrogen) atoms. The Kier molecular flexibility index (Phi) is 6.91. The van der Waals surface area contributed by atoms with Crippen LogP contribution in [0.4, 0.5) is 5.69 Å². The second-order valence-corrected chi connectivity index (χ2v) is 13.0. The molecule has 0 bridgehead atoms. The van der Waals surface area contributed by atoms with Gasteiger partial charge in [-0.25, -0.2) is 21.6 Å². The summed E-state index contributed by atoms with van der Waals surface area (Å²) < 4.78 is 61.5. The molecule has 0 N–H and O–H groups in total. The lowest BCUT2D eigenvalue weighted by atomic mass is 10.0. The molecule has 0 atom stereocenters. The minimum absolute atomic E-state index is 0.141. The normalized spacial score (nSPS) is 11.8. The maximum absolute atomic E-state index is 13.9. The highest BCUT2D eigenvalue weighted by atomic mass is 32.3. The quantitative estimate of drug-likeness (QED) is 0.187. The van der Waals surface area contributed by atoms with E-state index in [1.165, 1.54) is 48.5 Å². The highest BCUT2D eigenvalue weighted by Gasteiger charge is 2.37. The highest BCUT2D eigenvalue weighted by molar-refractivity contribution is 8.10. The molecule has 5 rings (SSSR count). The standard InChI is InChI=1S/C30H23NO7S2/c1-20-3-12-26(13-4-20)39(34,35)31(40(36,37)27-14-5-21(2)6-15-27)25-11-16-29-24(17-25)18-28(30(33)38-29)23-9-7-22(19-32)8-10-23/h3-19H,1-2H3. The van der Waals surface area contributed by atoms with E-state index in [9.17, 15) is 26.4 Å². The van der Waals surface area contributed by atoms with Crippen LogP contribution < -0.4 is 9.34 Å². The number of hydrogen-bond acceptors (Lipinski definition) is 7. The van der Waals surface area contributed by atoms with Crippen LogP contribution in [-0.2, 0) is 20.0 Å². The molecular formula is C30H23NO7S2. The number of benzene rings is 4. The van der Waals surface area contributed by atoms with Crippen molar-refractivity contribution in [1.82, 2.24) is 0 Å². The fourth-order valence-corrected chi connectivity index (χ4v) is 7.86. The number of aldehydes is 1. The molecule has 0 aliphatic rings. The summed E-state index contributed by atoms with van der Waals surface area (Å²) >= 11 is 0. The number of fused-ring (bicyclic) bond motifs is 1. The molecule has 0 amide bonds. The molecule has 5 aromatic rings. The van der Waals surface area contributed by atoms with Crippen molar-refractivity contribution in [2.45, 2.75) is 23.6 Å². The predicted octanol–water partition coefficient (Wildman–Crippen LogP) is 5.47. The summed E-state index contributed by atoms with van der Waals surface area (Å²) in [6, 6.07) is 23.5. The van der Waals surface area contributed by atoms with Crippen molar-refractivity contribution in [3.63, 3.8) is 0 Å². The molecule has 202 valence electrons. The first-order valence-electron chi connectivity index (χ1n) is 12.1. The van der Waals surface area contributed by atoms with E-state index >= 15 is 0 Å². The first kappa shape index (κ1) is 27.0. The summed E-state index contributed by atoms with van der Waals surface area (Å²) in [5, 5.41) is 0.301. The molecule has 0 aliphatic carbocycles. The van der Waals surface area contributed by atoms with E-state index < -0.39 is 25.7 Å². The first-order valence-corrected chi connectivity index (χ1v) is 15.0. The molecule has 1 aromatic heterocycles. The monoisotopic (exact) mass is 573 g/mol. The molecule has 0 saturated carbocycles. The molecule has 0 spiro atoms. The molecule has 10 heteroatoms. The van der Waals surface area contributed by atoms with Gasteiger partial charge in [-0.15, -0.1) is 0 Å². The molecule has 0 radical (unpaired) electrons. The number of carbonyl (C=O) groups is 1. The van der Waals surface area contributed by atoms with Crippen LogP contribution in [0.5, 0.6) is 0 Å². The Morgan fingerprint density at radius 2 is 1.20 bits per heavy atom. The maximum Gasteiger partial charge on any atom is 0.344 e. The Morgan fingerprint density at radius 3 is 1.70 bits per heavy atom. The van der Waals surface area contributed by atoms with Gasteiger partial charge in [0.1, 0.15) is 11.9 Å². The summed E-state index contributed by atoms with van der Waals surface area (Å²) in [7, 11) is -9.23. The van der Waals surface area contributed by atoms with E-state index in [2.05, 4.69) is 0 Å². The number of sulfonamides is 2. The van der Waals surface area contributed by atoms with Crippen LogP contribution >= 0.6 is 0 Å². The second-order valence-electron chi connectivity index (χ2n) is 9.24. The maximum atomic E-state index is 13.9. The number of aryl methyl sites for hydroxylation is 2. The van der Waals surface area contributed by atoms with E-state index in [1.54, 1.807) is 62.4 Å². The van der Waals surface area contributed by atoms with Crippen LogP contribution in [-0.4, -0.2) is 23.1 Å². The van der Waals surface area contributed by atoms with Gasteiger partial charge in [0.2, 0.25) is 0 Å². The molecule has 8 nitrogen and oxygen atoms in total. The van der Waals surface area contributed by atoms with Gasteiger partial charge in [-0.3, -0.25) is 4.79 Å². The van der Waals surface area contributed by atoms with Gasteiger partial charge in [0, 0.05) is 10.9 Å². The van der Waals surface area contributed by atoms with Gasteiger partial charge in [-0.2, -0.15) is 3.71 Å². The SMILES string of the molecule is Cc1ccc(S(=O)(=O)N(c2ccc3oc(=O)c(-c4ccc(C=O)cc4)cc3c2)S(=O)(=O)c2ccc(C)cc2)cc1. The van der Waals surface area contributed by atoms with Crippen LogP contribution in [0.25, 0.3) is 22.1 Å². The number of rotatable bonds is 7. The van der Waals surface area contributed by atoms with Crippen molar-refractivity contribution in [1.29, 1.82) is 0 Å². The van der Waals surface area contributed by atoms with Crippen LogP contribution in [0, 0.1) is 13.8 Å². The zero-order chi connectivity index (χ0) is 28.7. The predicted molar refractivity (Wildman–Crippen MR) is 153 cm³/mol. The minimum atomic E-state index is -4.61. The number of nitrogens with zero attached hydrogens (tertiary/aromatic N) is 1. The van der Waals surface area contributed by atoms with E-state index in [0.717, 1.165) is 11.1 Å². The van der Waals surface area contributed by atoms with Crippen LogP contribution in [0.15, 0.2) is 116 Å². The van der Waals surface area contributed by atoms with E-state index in [0.29, 0.717) is 26.5 Å². The Balaban J connectivity index is 1.73. The van der Waals surface area contributed by atoms with Gasteiger partial charge in [-0.1, -0.05) is 59.7 Å². The molecule has 0 unspecified atom stereocenters. The summed E-state index contributed by atoms with van der Waals surface area (Å²) in [6.45, 7) is 3.58. The third-order valence-electron chi connectivity index (χ3n) is 6.36. The van der Waals surface area contributed by atoms with Crippen molar-refractivity contribution < 1.29 is 26.0 Å². The number of carbonyl (C=O) groups excluding carboxylic acids is 1. The topological polar surface area (TPSA) is 119 Å². The average molecular weight is 574 g/mol. The molecule has 4 aromatic carbocycles. The lowest BCUT2D eigenvalue weighted by Gasteiger charge is -2.24. The highest BCUT2D eigenvalue weighted by Crippen LogP contribution is 2.34. The van der Waals surface area contributed by atoms with Gasteiger partial charge < -0.3 is 4.42 Å². The van der Waals surface area contributed by atoms with Crippen LogP contribution in [0.1, 0.15) is 21.5 Å².